The van der Waals surface area contributed by atoms with E-state index in [1.807, 2.05) is 24.1 Å². The third kappa shape index (κ3) is 7.66. The largest absolute Gasteiger partial charge is 0.403 e. The molecule has 130 valence electrons. The van der Waals surface area contributed by atoms with Crippen molar-refractivity contribution < 1.29 is 23.1 Å². The summed E-state index contributed by atoms with van der Waals surface area (Å²) in [5, 5.41) is 12.7. The second-order valence-corrected chi connectivity index (χ2v) is 4.51. The quantitative estimate of drug-likeness (QED) is 0.661. The molecule has 23 heavy (non-hydrogen) atoms. The summed E-state index contributed by atoms with van der Waals surface area (Å²) >= 11 is 0. The molecular formula is C15H22F3N3O2. The van der Waals surface area contributed by atoms with Crippen LogP contribution >= 0.6 is 0 Å². The highest BCUT2D eigenvalue weighted by Crippen LogP contribution is 2.21. The van der Waals surface area contributed by atoms with E-state index in [9.17, 15) is 18.3 Å². The third-order valence-corrected chi connectivity index (χ3v) is 2.97. The number of nitrogens with two attached hydrogens (primary N) is 1. The molecule has 0 fully saturated rings. The van der Waals surface area contributed by atoms with Gasteiger partial charge >= 0.3 is 0 Å². The number of likely N-dealkylation sites (N-methyl/N-ethyl adjacent to an activating group) is 1. The summed E-state index contributed by atoms with van der Waals surface area (Å²) in [6, 6.07) is 6.67. The van der Waals surface area contributed by atoms with E-state index < -0.39 is 31.5 Å². The number of hydrogen-bond donors (Lipinski definition) is 3. The van der Waals surface area contributed by atoms with Gasteiger partial charge < -0.3 is 21.1 Å². The molecule has 2 atom stereocenters. The minimum atomic E-state index is -2.80. The standard InChI is InChI=1S/C13H20FN3O.C2H2F2O/c1-16-12(9-14)13(18)10-3-5-11(6-4-10)17(2)8-7-15;3-2(4)1-5/h3-8,12-13,16,18H,9,15H2,1-2H3;1-2H/b8-7-;. The molecule has 0 heterocycles. The third-order valence-electron chi connectivity index (χ3n) is 2.97. The van der Waals surface area contributed by atoms with E-state index in [1.165, 1.54) is 6.20 Å². The number of hydrogen-bond acceptors (Lipinski definition) is 5. The molecule has 0 radical (unpaired) electrons. The lowest BCUT2D eigenvalue weighted by Gasteiger charge is -2.21. The van der Waals surface area contributed by atoms with E-state index in [1.54, 1.807) is 25.4 Å². The Labute approximate surface area is 133 Å². The minimum absolute atomic E-state index is 0.417. The predicted octanol–water partition coefficient (Wildman–Crippen LogP) is 1.59. The first-order valence-corrected chi connectivity index (χ1v) is 6.77. The smallest absolute Gasteiger partial charge is 0.293 e. The van der Waals surface area contributed by atoms with Gasteiger partial charge in [-0.15, -0.1) is 0 Å². The summed E-state index contributed by atoms with van der Waals surface area (Å²) in [6.45, 7) is -0.616. The average molecular weight is 333 g/mol. The maximum absolute atomic E-state index is 12.6. The van der Waals surface area contributed by atoms with Crippen LogP contribution in [-0.2, 0) is 4.79 Å². The Morgan fingerprint density at radius 3 is 2.22 bits per heavy atom. The van der Waals surface area contributed by atoms with Crippen molar-refractivity contribution in [1.29, 1.82) is 0 Å². The normalized spacial score (nSPS) is 13.3. The Kier molecular flexibility index (Phi) is 10.5. The van der Waals surface area contributed by atoms with Crippen LogP contribution in [0.5, 0.6) is 0 Å². The van der Waals surface area contributed by atoms with Crippen molar-refractivity contribution >= 4 is 12.0 Å². The number of alkyl halides is 3. The fourth-order valence-electron chi connectivity index (χ4n) is 1.67. The highest BCUT2D eigenvalue weighted by molar-refractivity contribution is 5.53. The highest BCUT2D eigenvalue weighted by Gasteiger charge is 2.18. The van der Waals surface area contributed by atoms with Gasteiger partial charge in [0.05, 0.1) is 12.1 Å². The van der Waals surface area contributed by atoms with E-state index in [0.717, 1.165) is 5.69 Å². The van der Waals surface area contributed by atoms with Crippen LogP contribution in [-0.4, -0.2) is 44.6 Å². The molecule has 1 aromatic carbocycles. The number of carbonyl (C=O) groups excluding carboxylic acids is 1. The fourth-order valence-corrected chi connectivity index (χ4v) is 1.67. The number of aliphatic hydroxyl groups excluding tert-OH is 1. The second kappa shape index (κ2) is 11.5. The van der Waals surface area contributed by atoms with Crippen molar-refractivity contribution in [2.24, 2.45) is 5.73 Å². The molecule has 0 aliphatic heterocycles. The second-order valence-electron chi connectivity index (χ2n) is 4.51. The van der Waals surface area contributed by atoms with Gasteiger partial charge in [-0.3, -0.25) is 4.79 Å². The van der Waals surface area contributed by atoms with Gasteiger partial charge in [-0.05, 0) is 24.7 Å². The molecule has 0 amide bonds. The number of anilines is 1. The first-order valence-electron chi connectivity index (χ1n) is 6.77. The lowest BCUT2D eigenvalue weighted by Crippen LogP contribution is -2.34. The molecule has 0 aliphatic carbocycles. The number of nitrogens with zero attached hydrogens (tertiary/aromatic N) is 1. The molecule has 0 saturated carbocycles. The summed E-state index contributed by atoms with van der Waals surface area (Å²) in [7, 11) is 3.49. The fraction of sp³-hybridized carbons (Fsp3) is 0.400. The zero-order valence-electron chi connectivity index (χ0n) is 13.0. The van der Waals surface area contributed by atoms with Crippen LogP contribution in [0.4, 0.5) is 18.9 Å². The monoisotopic (exact) mass is 333 g/mol. The van der Waals surface area contributed by atoms with E-state index in [4.69, 9.17) is 10.5 Å². The van der Waals surface area contributed by atoms with Crippen LogP contribution < -0.4 is 16.0 Å². The Balaban J connectivity index is 0.000000841. The first-order chi connectivity index (χ1) is 10.9. The van der Waals surface area contributed by atoms with E-state index in [0.29, 0.717) is 5.56 Å². The van der Waals surface area contributed by atoms with Crippen LogP contribution in [0.25, 0.3) is 0 Å². The Bertz CT molecular complexity index is 466. The van der Waals surface area contributed by atoms with Crippen molar-refractivity contribution in [2.75, 3.05) is 25.7 Å². The van der Waals surface area contributed by atoms with Gasteiger partial charge in [0.1, 0.15) is 6.67 Å². The van der Waals surface area contributed by atoms with Crippen LogP contribution in [0, 0.1) is 0 Å². The summed E-state index contributed by atoms with van der Waals surface area (Å²) in [5.74, 6) is 0. The SMILES string of the molecule is CNC(CF)C(O)c1ccc(N(C)/C=C\N)cc1.O=CC(F)F. The Morgan fingerprint density at radius 1 is 1.35 bits per heavy atom. The number of nitrogens with one attached hydrogen (secondary N) is 1. The number of rotatable bonds is 7. The number of halogens is 3. The van der Waals surface area contributed by atoms with Gasteiger partial charge in [-0.1, -0.05) is 12.1 Å². The molecule has 1 aromatic rings. The van der Waals surface area contributed by atoms with Crippen molar-refractivity contribution in [2.45, 2.75) is 18.6 Å². The average Bonchev–Trinajstić information content (AvgIpc) is 2.56. The van der Waals surface area contributed by atoms with E-state index >= 15 is 0 Å². The number of aldehydes is 1. The lowest BCUT2D eigenvalue weighted by molar-refractivity contribution is -0.116. The molecule has 0 saturated heterocycles. The van der Waals surface area contributed by atoms with Crippen LogP contribution in [0.3, 0.4) is 0 Å². The molecule has 5 nitrogen and oxygen atoms in total. The molecule has 8 heteroatoms. The molecule has 4 N–H and O–H groups in total. The first kappa shape index (κ1) is 20.9. The van der Waals surface area contributed by atoms with Crippen molar-refractivity contribution in [3.05, 3.63) is 42.2 Å². The van der Waals surface area contributed by atoms with Gasteiger partial charge in [0, 0.05) is 25.1 Å². The summed E-state index contributed by atoms with van der Waals surface area (Å²) in [6.07, 6.45) is -0.897. The number of benzene rings is 1. The van der Waals surface area contributed by atoms with Crippen molar-refractivity contribution in [1.82, 2.24) is 5.32 Å². The molecule has 0 bridgehead atoms. The van der Waals surface area contributed by atoms with Crippen LogP contribution in [0.2, 0.25) is 0 Å². The maximum atomic E-state index is 12.6. The van der Waals surface area contributed by atoms with E-state index in [-0.39, 0.29) is 0 Å². The summed E-state index contributed by atoms with van der Waals surface area (Å²) in [4.78, 5) is 10.6. The molecular weight excluding hydrogens is 311 g/mol. The molecule has 2 unspecified atom stereocenters. The maximum Gasteiger partial charge on any atom is 0.293 e. The lowest BCUT2D eigenvalue weighted by atomic mass is 10.0. The molecule has 0 aromatic heterocycles. The van der Waals surface area contributed by atoms with Gasteiger partial charge in [0.25, 0.3) is 6.43 Å². The van der Waals surface area contributed by atoms with Gasteiger partial charge in [0.2, 0.25) is 0 Å². The van der Waals surface area contributed by atoms with Gasteiger partial charge in [-0.25, -0.2) is 13.2 Å². The zero-order valence-corrected chi connectivity index (χ0v) is 13.0. The van der Waals surface area contributed by atoms with Crippen LogP contribution in [0.15, 0.2) is 36.7 Å². The van der Waals surface area contributed by atoms with Gasteiger partial charge in [-0.2, -0.15) is 0 Å². The molecule has 1 rings (SSSR count). The summed E-state index contributed by atoms with van der Waals surface area (Å²) < 4.78 is 33.4. The van der Waals surface area contributed by atoms with Gasteiger partial charge in [0.15, 0.2) is 6.29 Å². The zero-order chi connectivity index (χ0) is 17.8. The van der Waals surface area contributed by atoms with Crippen molar-refractivity contribution in [3.8, 4) is 0 Å². The molecule has 0 spiro atoms. The predicted molar refractivity (Wildman–Crippen MR) is 84.0 cm³/mol. The van der Waals surface area contributed by atoms with Crippen LogP contribution in [0.1, 0.15) is 11.7 Å². The minimum Gasteiger partial charge on any atom is -0.403 e. The van der Waals surface area contributed by atoms with E-state index in [2.05, 4.69) is 5.32 Å². The van der Waals surface area contributed by atoms with Crippen molar-refractivity contribution in [3.63, 3.8) is 0 Å². The highest BCUT2D eigenvalue weighted by atomic mass is 19.3. The Hall–Kier alpha value is -2.06. The summed E-state index contributed by atoms with van der Waals surface area (Å²) in [5.41, 5.74) is 6.93. The number of aliphatic hydroxyl groups is 1. The molecule has 0 aliphatic rings. The Morgan fingerprint density at radius 2 is 1.87 bits per heavy atom. The number of carbonyl (C=O) groups is 1. The topological polar surface area (TPSA) is 78.6 Å².